The normalized spacial score (nSPS) is 9.70. The van der Waals surface area contributed by atoms with Crippen LogP contribution >= 0.6 is 11.3 Å². The fourth-order valence-corrected chi connectivity index (χ4v) is 1.39. The first kappa shape index (κ1) is 7.47. The number of hydrogen-bond donors (Lipinski definition) is 1. The zero-order chi connectivity index (χ0) is 7.72. The van der Waals surface area contributed by atoms with Gasteiger partial charge in [0.15, 0.2) is 0 Å². The van der Waals surface area contributed by atoms with Crippen molar-refractivity contribution in [3.63, 3.8) is 0 Å². The Labute approximate surface area is 63.3 Å². The van der Waals surface area contributed by atoms with Gasteiger partial charge in [-0.15, -0.1) is 0 Å². The maximum atomic E-state index is 10.9. The minimum atomic E-state index is -0.0810. The van der Waals surface area contributed by atoms with Crippen LogP contribution in [0.2, 0.25) is 0 Å². The van der Waals surface area contributed by atoms with E-state index in [4.69, 9.17) is 7.49 Å². The van der Waals surface area contributed by atoms with E-state index in [1.807, 2.05) is 13.8 Å². The van der Waals surface area contributed by atoms with E-state index >= 15 is 0 Å². The molecule has 1 rings (SSSR count). The van der Waals surface area contributed by atoms with Crippen LogP contribution in [-0.4, -0.2) is 12.5 Å². The Hall–Kier alpha value is -0.635. The third kappa shape index (κ3) is 1.26. The van der Waals surface area contributed by atoms with Crippen molar-refractivity contribution in [2.24, 2.45) is 0 Å². The van der Waals surface area contributed by atoms with Crippen molar-refractivity contribution in [1.29, 1.82) is 0 Å². The molecule has 0 atom stereocenters. The second-order valence-corrected chi connectivity index (χ2v) is 3.30. The van der Waals surface area contributed by atoms with E-state index in [0.717, 1.165) is 10.1 Å². The molecule has 4 heteroatoms. The summed E-state index contributed by atoms with van der Waals surface area (Å²) in [4.78, 5) is 13.4. The van der Waals surface area contributed by atoms with Gasteiger partial charge in [-0.05, 0) is 0 Å². The number of hydrogen-bond acceptors (Lipinski definition) is 2. The van der Waals surface area contributed by atoms with Gasteiger partial charge in [0, 0.05) is 0 Å². The molecule has 0 fully saturated rings. The van der Waals surface area contributed by atoms with Crippen molar-refractivity contribution in [2.45, 2.75) is 13.8 Å². The van der Waals surface area contributed by atoms with E-state index in [9.17, 15) is 4.79 Å². The molecule has 0 bridgehead atoms. The molecule has 0 unspecified atom stereocenters. The summed E-state index contributed by atoms with van der Waals surface area (Å²) in [6.45, 7) is 3.78. The number of rotatable bonds is 0. The van der Waals surface area contributed by atoms with Crippen LogP contribution in [0.5, 0.6) is 0 Å². The quantitative estimate of drug-likeness (QED) is 0.523. The Kier molecular flexibility index (Phi) is 1.90. The number of nitrogens with one attached hydrogen (secondary N) is 1. The molecule has 0 saturated heterocycles. The topological polar surface area (TPSA) is 32.9 Å². The predicted molar refractivity (Wildman–Crippen MR) is 43.9 cm³/mol. The van der Waals surface area contributed by atoms with E-state index in [2.05, 4.69) is 4.98 Å². The zero-order valence-electron chi connectivity index (χ0n) is 5.89. The molecule has 0 aliphatic carbocycles. The molecule has 2 nitrogen and oxygen atoms in total. The number of aromatic amines is 1. The molecule has 10 heavy (non-hydrogen) atoms. The molecule has 0 amide bonds. The Morgan fingerprint density at radius 3 is 2.40 bits per heavy atom. The number of aromatic nitrogens is 1. The van der Waals surface area contributed by atoms with Crippen molar-refractivity contribution in [3.05, 3.63) is 19.4 Å². The average Bonchev–Trinajstić information content (AvgIpc) is 2.10. The Morgan fingerprint density at radius 1 is 1.60 bits per heavy atom. The van der Waals surface area contributed by atoms with Crippen molar-refractivity contribution in [1.82, 2.24) is 4.98 Å². The van der Waals surface area contributed by atoms with Crippen molar-refractivity contribution in [3.8, 4) is 0 Å². The van der Waals surface area contributed by atoms with Crippen LogP contribution in [0.1, 0.15) is 13.8 Å². The van der Waals surface area contributed by atoms with Crippen molar-refractivity contribution < 1.29 is 0 Å². The molecular weight excluding hydrogens is 145 g/mol. The Morgan fingerprint density at radius 2 is 2.20 bits per heavy atom. The second-order valence-electron chi connectivity index (χ2n) is 2.25. The van der Waals surface area contributed by atoms with Gasteiger partial charge < -0.3 is 0 Å². The van der Waals surface area contributed by atoms with Crippen LogP contribution < -0.4 is 10.1 Å². The maximum absolute atomic E-state index is 10.9. The molecular formula is C6H7BNOS. The minimum absolute atomic E-state index is 0.0810. The molecule has 1 aromatic rings. The number of H-pyrrole nitrogens is 1. The molecule has 0 spiro atoms. The standard InChI is InChI=1S/C6H7BNOS/c1-3(2)4-5(9)8-6(7)10-4/h1-2H3,(H,8,9). The Balaban J connectivity index is 3.76. The fraction of sp³-hybridized carbons (Fsp3) is 0.333. The Bertz CT molecular complexity index is 385. The van der Waals surface area contributed by atoms with Crippen molar-refractivity contribution >= 4 is 24.4 Å². The molecule has 1 heterocycles. The summed E-state index contributed by atoms with van der Waals surface area (Å²) in [5, 5.41) is 0. The van der Waals surface area contributed by atoms with E-state index in [-0.39, 0.29) is 5.56 Å². The molecule has 1 aromatic heterocycles. The first-order valence-corrected chi connectivity index (χ1v) is 3.72. The van der Waals surface area contributed by atoms with Crippen LogP contribution in [0.3, 0.4) is 0 Å². The molecule has 1 N–H and O–H groups in total. The summed E-state index contributed by atoms with van der Waals surface area (Å²) >= 11 is 1.30. The second kappa shape index (κ2) is 2.54. The third-order valence-electron chi connectivity index (χ3n) is 1.11. The number of thiazole rings is 1. The molecule has 0 saturated carbocycles. The third-order valence-corrected chi connectivity index (χ3v) is 2.23. The van der Waals surface area contributed by atoms with Gasteiger partial charge in [-0.3, -0.25) is 0 Å². The predicted octanol–water partition coefficient (Wildman–Crippen LogP) is 0.0463. The van der Waals surface area contributed by atoms with Gasteiger partial charge in [-0.2, -0.15) is 0 Å². The summed E-state index contributed by atoms with van der Waals surface area (Å²) in [7, 11) is 5.37. The summed E-state index contributed by atoms with van der Waals surface area (Å²) in [6, 6.07) is 0. The summed E-state index contributed by atoms with van der Waals surface area (Å²) in [5.74, 6) is 0. The molecule has 1 radical (unpaired) electrons. The van der Waals surface area contributed by atoms with Crippen LogP contribution in [0.4, 0.5) is 0 Å². The van der Waals surface area contributed by atoms with E-state index in [0.29, 0.717) is 4.55 Å². The monoisotopic (exact) mass is 152 g/mol. The average molecular weight is 152 g/mol. The molecule has 0 aliphatic heterocycles. The SMILES string of the molecule is [B]=c1[nH]c(=O)c(=C(C)C)s1. The molecule has 51 valence electrons. The summed E-state index contributed by atoms with van der Waals surface area (Å²) in [6.07, 6.45) is 0. The van der Waals surface area contributed by atoms with Gasteiger partial charge >= 0.3 is 62.7 Å². The van der Waals surface area contributed by atoms with Gasteiger partial charge in [0.05, 0.1) is 0 Å². The van der Waals surface area contributed by atoms with E-state index in [1.54, 1.807) is 0 Å². The van der Waals surface area contributed by atoms with Crippen LogP contribution in [-0.2, 0) is 0 Å². The van der Waals surface area contributed by atoms with Crippen LogP contribution in [0.15, 0.2) is 4.79 Å². The van der Waals surface area contributed by atoms with Gasteiger partial charge in [-0.25, -0.2) is 0 Å². The summed E-state index contributed by atoms with van der Waals surface area (Å²) < 4.78 is 1.19. The first-order chi connectivity index (χ1) is 4.61. The van der Waals surface area contributed by atoms with Gasteiger partial charge in [0.1, 0.15) is 0 Å². The van der Waals surface area contributed by atoms with Crippen LogP contribution in [0.25, 0.3) is 5.57 Å². The molecule has 0 aromatic carbocycles. The van der Waals surface area contributed by atoms with Crippen LogP contribution in [0, 0.1) is 4.55 Å². The molecule has 0 aliphatic rings. The summed E-state index contributed by atoms with van der Waals surface area (Å²) in [5.41, 5.74) is 0.922. The first-order valence-electron chi connectivity index (χ1n) is 2.90. The zero-order valence-corrected chi connectivity index (χ0v) is 6.71. The van der Waals surface area contributed by atoms with Gasteiger partial charge in [0.25, 0.3) is 0 Å². The van der Waals surface area contributed by atoms with Gasteiger partial charge in [-0.1, -0.05) is 0 Å². The van der Waals surface area contributed by atoms with Gasteiger partial charge in [0.2, 0.25) is 0 Å². The van der Waals surface area contributed by atoms with Crippen molar-refractivity contribution in [2.75, 3.05) is 0 Å². The van der Waals surface area contributed by atoms with E-state index in [1.165, 1.54) is 11.3 Å². The van der Waals surface area contributed by atoms with E-state index < -0.39 is 0 Å². The fourth-order valence-electron chi connectivity index (χ4n) is 0.680.